The first-order valence-corrected chi connectivity index (χ1v) is 20.4. The van der Waals surface area contributed by atoms with E-state index in [1.54, 1.807) is 0 Å². The standard InChI is InChI=1S/C54H32N2S/c1-2-14-36(15-3-1)55-48-28-26-34(30-45(48)53-42-21-12-24-52-54(42)44(32-50(53)55)41-20-9-11-23-51(41)57-52)33-25-27-47-43(29-33)40-19-8-10-22-46(40)56(47)49-31-35-13-4-5-16-37(35)38-17-6-7-18-39(38)49/h1-32H. The molecule has 1 aliphatic rings. The third-order valence-electron chi connectivity index (χ3n) is 12.3. The summed E-state index contributed by atoms with van der Waals surface area (Å²) in [6.07, 6.45) is 0. The third-order valence-corrected chi connectivity index (χ3v) is 13.4. The molecular weight excluding hydrogens is 709 g/mol. The number of para-hydroxylation sites is 2. The average molecular weight is 741 g/mol. The summed E-state index contributed by atoms with van der Waals surface area (Å²) in [7, 11) is 0. The van der Waals surface area contributed by atoms with E-state index in [1.807, 2.05) is 11.8 Å². The molecule has 0 N–H and O–H groups in total. The fourth-order valence-electron chi connectivity index (χ4n) is 9.82. The lowest BCUT2D eigenvalue weighted by molar-refractivity contribution is 1.18. The Morgan fingerprint density at radius 2 is 0.947 bits per heavy atom. The molecule has 3 heteroatoms. The minimum Gasteiger partial charge on any atom is -0.309 e. The second-order valence-electron chi connectivity index (χ2n) is 15.2. The Bertz CT molecular complexity index is 3660. The van der Waals surface area contributed by atoms with Crippen LogP contribution in [0.4, 0.5) is 0 Å². The van der Waals surface area contributed by atoms with E-state index in [9.17, 15) is 0 Å². The van der Waals surface area contributed by atoms with Crippen LogP contribution in [0, 0.1) is 0 Å². The molecule has 0 amide bonds. The first-order chi connectivity index (χ1) is 28.3. The maximum absolute atomic E-state index is 2.47. The van der Waals surface area contributed by atoms with Gasteiger partial charge in [-0.25, -0.2) is 0 Å². The van der Waals surface area contributed by atoms with Gasteiger partial charge in [-0.15, -0.1) is 0 Å². The van der Waals surface area contributed by atoms with Crippen LogP contribution in [0.15, 0.2) is 204 Å². The van der Waals surface area contributed by atoms with Gasteiger partial charge in [-0.1, -0.05) is 139 Å². The van der Waals surface area contributed by atoms with E-state index in [2.05, 4.69) is 203 Å². The van der Waals surface area contributed by atoms with Crippen LogP contribution in [0.1, 0.15) is 0 Å². The van der Waals surface area contributed by atoms with Crippen LogP contribution in [0.2, 0.25) is 0 Å². The molecule has 264 valence electrons. The van der Waals surface area contributed by atoms with Gasteiger partial charge in [-0.3, -0.25) is 0 Å². The minimum absolute atomic E-state index is 1.17. The summed E-state index contributed by atoms with van der Waals surface area (Å²) in [5.41, 5.74) is 12.3. The summed E-state index contributed by atoms with van der Waals surface area (Å²) in [6, 6.07) is 72.0. The molecule has 1 aliphatic heterocycles. The van der Waals surface area contributed by atoms with Crippen molar-refractivity contribution >= 4 is 87.7 Å². The van der Waals surface area contributed by atoms with Gasteiger partial charge in [-0.05, 0) is 111 Å². The summed E-state index contributed by atoms with van der Waals surface area (Å²) < 4.78 is 4.94. The first kappa shape index (κ1) is 31.2. The quantitative estimate of drug-likeness (QED) is 0.164. The zero-order valence-electron chi connectivity index (χ0n) is 30.8. The van der Waals surface area contributed by atoms with E-state index in [4.69, 9.17) is 0 Å². The van der Waals surface area contributed by atoms with Gasteiger partial charge in [0.25, 0.3) is 0 Å². The van der Waals surface area contributed by atoms with E-state index in [1.165, 1.54) is 119 Å². The lowest BCUT2D eigenvalue weighted by Crippen LogP contribution is -1.96. The SMILES string of the molecule is c1ccc(-n2c3ccc(-c4ccc5c(c4)c4ccccc4n5-c4cc5ccccc5c5ccccc45)cc3c3c4cccc5c4c(cc32)-c2ccccc2S5)cc1. The van der Waals surface area contributed by atoms with Gasteiger partial charge in [0.1, 0.15) is 0 Å². The Morgan fingerprint density at radius 3 is 1.81 bits per heavy atom. The van der Waals surface area contributed by atoms with Gasteiger partial charge in [-0.2, -0.15) is 0 Å². The molecule has 2 nitrogen and oxygen atoms in total. The number of hydrogen-bond donors (Lipinski definition) is 0. The van der Waals surface area contributed by atoms with E-state index in [-0.39, 0.29) is 0 Å². The monoisotopic (exact) mass is 740 g/mol. The molecule has 0 saturated carbocycles. The normalized spacial score (nSPS) is 12.5. The van der Waals surface area contributed by atoms with Crippen molar-refractivity contribution in [2.24, 2.45) is 0 Å². The highest BCUT2D eigenvalue weighted by atomic mass is 32.2. The van der Waals surface area contributed by atoms with Crippen LogP contribution in [0.5, 0.6) is 0 Å². The Hall–Kier alpha value is -7.07. The van der Waals surface area contributed by atoms with Gasteiger partial charge < -0.3 is 9.13 Å². The Balaban J connectivity index is 1.07. The first-order valence-electron chi connectivity index (χ1n) is 19.6. The smallest absolute Gasteiger partial charge is 0.0553 e. The average Bonchev–Trinajstić information content (AvgIpc) is 3.78. The molecule has 0 spiro atoms. The topological polar surface area (TPSA) is 9.86 Å². The predicted molar refractivity (Wildman–Crippen MR) is 243 cm³/mol. The highest BCUT2D eigenvalue weighted by molar-refractivity contribution is 7.99. The molecule has 0 fully saturated rings. The fraction of sp³-hybridized carbons (Fsp3) is 0. The molecule has 13 rings (SSSR count). The molecule has 0 unspecified atom stereocenters. The van der Waals surface area contributed by atoms with Gasteiger partial charge in [0.05, 0.1) is 27.8 Å². The molecular formula is C54H32N2S. The lowest BCUT2D eigenvalue weighted by atomic mass is 9.93. The predicted octanol–water partition coefficient (Wildman–Crippen LogP) is 15.1. The molecule has 10 aromatic carbocycles. The number of hydrogen-bond acceptors (Lipinski definition) is 1. The van der Waals surface area contributed by atoms with Crippen molar-refractivity contribution in [2.45, 2.75) is 9.79 Å². The van der Waals surface area contributed by atoms with Crippen molar-refractivity contribution in [1.29, 1.82) is 0 Å². The van der Waals surface area contributed by atoms with E-state index >= 15 is 0 Å². The number of aromatic nitrogens is 2. The molecule has 57 heavy (non-hydrogen) atoms. The molecule has 0 aliphatic carbocycles. The van der Waals surface area contributed by atoms with Crippen LogP contribution in [-0.2, 0) is 0 Å². The van der Waals surface area contributed by atoms with Crippen molar-refractivity contribution < 1.29 is 0 Å². The summed E-state index contributed by atoms with van der Waals surface area (Å²) >= 11 is 1.89. The number of fused-ring (bicyclic) bond motifs is 12. The molecule has 0 atom stereocenters. The third kappa shape index (κ3) is 4.38. The minimum atomic E-state index is 1.17. The lowest BCUT2D eigenvalue weighted by Gasteiger charge is -2.21. The van der Waals surface area contributed by atoms with E-state index in [0.29, 0.717) is 0 Å². The summed E-state index contributed by atoms with van der Waals surface area (Å²) in [6.45, 7) is 0. The van der Waals surface area contributed by atoms with Crippen LogP contribution >= 0.6 is 11.8 Å². The Morgan fingerprint density at radius 1 is 0.316 bits per heavy atom. The summed E-state index contributed by atoms with van der Waals surface area (Å²) in [4.78, 5) is 2.63. The van der Waals surface area contributed by atoms with Crippen molar-refractivity contribution in [2.75, 3.05) is 0 Å². The maximum atomic E-state index is 2.47. The fourth-order valence-corrected chi connectivity index (χ4v) is 11.0. The van der Waals surface area contributed by atoms with Gasteiger partial charge >= 0.3 is 0 Å². The van der Waals surface area contributed by atoms with E-state index in [0.717, 1.165) is 0 Å². The number of rotatable bonds is 3. The molecule has 3 heterocycles. The van der Waals surface area contributed by atoms with Crippen LogP contribution in [-0.4, -0.2) is 9.13 Å². The van der Waals surface area contributed by atoms with Crippen molar-refractivity contribution in [1.82, 2.24) is 9.13 Å². The molecule has 2 aromatic heterocycles. The highest BCUT2D eigenvalue weighted by Crippen LogP contribution is 2.51. The second kappa shape index (κ2) is 11.7. The van der Waals surface area contributed by atoms with Gasteiger partial charge in [0.15, 0.2) is 0 Å². The van der Waals surface area contributed by atoms with Crippen LogP contribution in [0.25, 0.3) is 110 Å². The van der Waals surface area contributed by atoms with Gasteiger partial charge in [0, 0.05) is 47.8 Å². The molecule has 0 saturated heterocycles. The molecule has 0 radical (unpaired) electrons. The number of benzene rings is 10. The number of nitrogens with zero attached hydrogens (tertiary/aromatic N) is 2. The second-order valence-corrected chi connectivity index (χ2v) is 16.3. The van der Waals surface area contributed by atoms with Crippen LogP contribution in [0.3, 0.4) is 0 Å². The zero-order chi connectivity index (χ0) is 37.2. The van der Waals surface area contributed by atoms with Crippen molar-refractivity contribution in [3.8, 4) is 33.6 Å². The van der Waals surface area contributed by atoms with Crippen molar-refractivity contribution in [3.05, 3.63) is 194 Å². The van der Waals surface area contributed by atoms with E-state index < -0.39 is 0 Å². The largest absolute Gasteiger partial charge is 0.309 e. The highest BCUT2D eigenvalue weighted by Gasteiger charge is 2.24. The van der Waals surface area contributed by atoms with Crippen LogP contribution < -0.4 is 0 Å². The summed E-state index contributed by atoms with van der Waals surface area (Å²) in [5.74, 6) is 0. The molecule has 12 aromatic rings. The zero-order valence-corrected chi connectivity index (χ0v) is 31.6. The maximum Gasteiger partial charge on any atom is 0.0553 e. The Kier molecular flexibility index (Phi) is 6.41. The molecule has 0 bridgehead atoms. The summed E-state index contributed by atoms with van der Waals surface area (Å²) in [5, 5.41) is 12.8. The Labute approximate surface area is 332 Å². The van der Waals surface area contributed by atoms with Crippen molar-refractivity contribution in [3.63, 3.8) is 0 Å². The van der Waals surface area contributed by atoms with Gasteiger partial charge in [0.2, 0.25) is 0 Å².